The molecular weight excluding hydrogens is 240 g/mol. The molecule has 0 amide bonds. The number of hydrogen-bond donors (Lipinski definition) is 2. The Morgan fingerprint density at radius 1 is 1.00 bits per heavy atom. The van der Waals surface area contributed by atoms with Gasteiger partial charge in [0.15, 0.2) is 0 Å². The van der Waals surface area contributed by atoms with Crippen LogP contribution in [-0.4, -0.2) is 5.84 Å². The van der Waals surface area contributed by atoms with Gasteiger partial charge in [-0.15, -0.1) is 0 Å². The molecule has 3 N–H and O–H groups in total. The molecule has 0 aromatic heterocycles. The summed E-state index contributed by atoms with van der Waals surface area (Å²) in [5.74, 6) is 0.115. The molecule has 0 spiro atoms. The van der Waals surface area contributed by atoms with Crippen molar-refractivity contribution in [2.24, 2.45) is 5.73 Å². The first kappa shape index (κ1) is 12.7. The minimum Gasteiger partial charge on any atom is -0.384 e. The van der Waals surface area contributed by atoms with Gasteiger partial charge in [0.2, 0.25) is 0 Å². The van der Waals surface area contributed by atoms with Crippen molar-refractivity contribution in [2.75, 3.05) is 0 Å². The maximum atomic E-state index is 7.61. The van der Waals surface area contributed by atoms with E-state index in [9.17, 15) is 0 Å². The molecule has 0 heterocycles. The third-order valence-electron chi connectivity index (χ3n) is 2.68. The molecule has 0 aliphatic heterocycles. The number of benzene rings is 2. The van der Waals surface area contributed by atoms with E-state index in [0.29, 0.717) is 0 Å². The Hall–Kier alpha value is -1.74. The van der Waals surface area contributed by atoms with Crippen molar-refractivity contribution in [1.82, 2.24) is 0 Å². The van der Waals surface area contributed by atoms with Crippen LogP contribution in [0, 0.1) is 19.3 Å². The standard InChI is InChI=1S/C15H16N2S/c1-10-3-6-12(7-4-10)18-14-9-11(2)5-8-13(14)15(16)17/h3-9H,1-2H3,(H3,16,17). The molecular formula is C15H16N2S. The molecule has 0 unspecified atom stereocenters. The zero-order valence-corrected chi connectivity index (χ0v) is 11.3. The van der Waals surface area contributed by atoms with Gasteiger partial charge in [0.25, 0.3) is 0 Å². The van der Waals surface area contributed by atoms with Gasteiger partial charge in [-0.25, -0.2) is 0 Å². The van der Waals surface area contributed by atoms with E-state index in [0.717, 1.165) is 15.4 Å². The lowest BCUT2D eigenvalue weighted by Gasteiger charge is -2.09. The third-order valence-corrected chi connectivity index (χ3v) is 3.74. The maximum absolute atomic E-state index is 7.61. The summed E-state index contributed by atoms with van der Waals surface area (Å²) >= 11 is 1.64. The van der Waals surface area contributed by atoms with Gasteiger partial charge in [0, 0.05) is 15.4 Å². The van der Waals surface area contributed by atoms with Crippen LogP contribution in [0.1, 0.15) is 16.7 Å². The van der Waals surface area contributed by atoms with E-state index in [4.69, 9.17) is 11.1 Å². The predicted octanol–water partition coefficient (Wildman–Crippen LogP) is 3.74. The van der Waals surface area contributed by atoms with Crippen molar-refractivity contribution < 1.29 is 0 Å². The summed E-state index contributed by atoms with van der Waals surface area (Å²) in [5.41, 5.74) is 8.83. The molecule has 18 heavy (non-hydrogen) atoms. The van der Waals surface area contributed by atoms with Crippen molar-refractivity contribution in [3.63, 3.8) is 0 Å². The van der Waals surface area contributed by atoms with Crippen molar-refractivity contribution in [2.45, 2.75) is 23.6 Å². The third kappa shape index (κ3) is 2.93. The topological polar surface area (TPSA) is 49.9 Å². The SMILES string of the molecule is Cc1ccc(Sc2cc(C)ccc2C(=N)N)cc1. The van der Waals surface area contributed by atoms with E-state index < -0.39 is 0 Å². The van der Waals surface area contributed by atoms with E-state index in [2.05, 4.69) is 37.3 Å². The first-order valence-corrected chi connectivity index (χ1v) is 6.57. The van der Waals surface area contributed by atoms with Crippen molar-refractivity contribution >= 4 is 17.6 Å². The fourth-order valence-electron chi connectivity index (χ4n) is 1.67. The van der Waals surface area contributed by atoms with Crippen molar-refractivity contribution in [1.29, 1.82) is 5.41 Å². The zero-order chi connectivity index (χ0) is 13.1. The summed E-state index contributed by atoms with van der Waals surface area (Å²) in [6.45, 7) is 4.12. The van der Waals surface area contributed by atoms with E-state index in [1.807, 2.05) is 19.1 Å². The highest BCUT2D eigenvalue weighted by atomic mass is 32.2. The van der Waals surface area contributed by atoms with E-state index in [1.54, 1.807) is 11.8 Å². The Morgan fingerprint density at radius 3 is 2.22 bits per heavy atom. The first-order valence-electron chi connectivity index (χ1n) is 5.76. The molecule has 0 saturated carbocycles. The van der Waals surface area contributed by atoms with Gasteiger partial charge in [-0.3, -0.25) is 5.41 Å². The van der Waals surface area contributed by atoms with E-state index in [1.165, 1.54) is 11.1 Å². The second-order valence-electron chi connectivity index (χ2n) is 4.33. The summed E-state index contributed by atoms with van der Waals surface area (Å²) in [6.07, 6.45) is 0. The van der Waals surface area contributed by atoms with Crippen LogP contribution in [0.15, 0.2) is 52.3 Å². The Bertz CT molecular complexity index is 574. The van der Waals surface area contributed by atoms with Gasteiger partial charge in [0.05, 0.1) is 0 Å². The van der Waals surface area contributed by atoms with Gasteiger partial charge < -0.3 is 5.73 Å². The second-order valence-corrected chi connectivity index (χ2v) is 5.44. The molecule has 0 radical (unpaired) electrons. The molecule has 0 fully saturated rings. The lowest BCUT2D eigenvalue weighted by Crippen LogP contribution is -2.12. The van der Waals surface area contributed by atoms with Gasteiger partial charge in [-0.2, -0.15) is 0 Å². The number of aryl methyl sites for hydroxylation is 2. The highest BCUT2D eigenvalue weighted by Gasteiger charge is 2.07. The lowest BCUT2D eigenvalue weighted by molar-refractivity contribution is 1.29. The average Bonchev–Trinajstić information content (AvgIpc) is 2.32. The Morgan fingerprint density at radius 2 is 1.61 bits per heavy atom. The summed E-state index contributed by atoms with van der Waals surface area (Å²) in [5, 5.41) is 7.61. The van der Waals surface area contributed by atoms with Crippen LogP contribution >= 0.6 is 11.8 Å². The van der Waals surface area contributed by atoms with E-state index >= 15 is 0 Å². The smallest absolute Gasteiger partial charge is 0.123 e. The highest BCUT2D eigenvalue weighted by molar-refractivity contribution is 7.99. The molecule has 92 valence electrons. The average molecular weight is 256 g/mol. The van der Waals surface area contributed by atoms with Crippen molar-refractivity contribution in [3.8, 4) is 0 Å². The Kier molecular flexibility index (Phi) is 3.72. The van der Waals surface area contributed by atoms with Crippen LogP contribution in [0.25, 0.3) is 0 Å². The molecule has 2 rings (SSSR count). The fourth-order valence-corrected chi connectivity index (χ4v) is 2.73. The molecule has 2 aromatic carbocycles. The van der Waals surface area contributed by atoms with Gasteiger partial charge in [0.1, 0.15) is 5.84 Å². The van der Waals surface area contributed by atoms with Crippen molar-refractivity contribution in [3.05, 3.63) is 59.2 Å². The van der Waals surface area contributed by atoms with Crippen LogP contribution < -0.4 is 5.73 Å². The number of amidine groups is 1. The molecule has 0 atom stereocenters. The van der Waals surface area contributed by atoms with Crippen LogP contribution in [0.2, 0.25) is 0 Å². The molecule has 2 nitrogen and oxygen atoms in total. The fraction of sp³-hybridized carbons (Fsp3) is 0.133. The zero-order valence-electron chi connectivity index (χ0n) is 10.5. The molecule has 0 aliphatic carbocycles. The lowest BCUT2D eigenvalue weighted by atomic mass is 10.1. The molecule has 2 aromatic rings. The number of rotatable bonds is 3. The van der Waals surface area contributed by atoms with Crippen LogP contribution in [0.3, 0.4) is 0 Å². The summed E-state index contributed by atoms with van der Waals surface area (Å²) < 4.78 is 0. The molecule has 0 bridgehead atoms. The molecule has 3 heteroatoms. The van der Waals surface area contributed by atoms with Crippen LogP contribution in [0.4, 0.5) is 0 Å². The number of hydrogen-bond acceptors (Lipinski definition) is 2. The summed E-state index contributed by atoms with van der Waals surface area (Å²) in [6, 6.07) is 14.3. The highest BCUT2D eigenvalue weighted by Crippen LogP contribution is 2.31. The molecule has 0 saturated heterocycles. The monoisotopic (exact) mass is 256 g/mol. The molecule has 0 aliphatic rings. The van der Waals surface area contributed by atoms with Crippen LogP contribution in [0.5, 0.6) is 0 Å². The summed E-state index contributed by atoms with van der Waals surface area (Å²) in [4.78, 5) is 2.19. The quantitative estimate of drug-likeness (QED) is 0.649. The number of nitrogen functional groups attached to an aromatic ring is 1. The van der Waals surface area contributed by atoms with Gasteiger partial charge >= 0.3 is 0 Å². The minimum atomic E-state index is 0.115. The normalized spacial score (nSPS) is 10.3. The number of nitrogens with two attached hydrogens (primary N) is 1. The van der Waals surface area contributed by atoms with Gasteiger partial charge in [-0.1, -0.05) is 35.5 Å². The van der Waals surface area contributed by atoms with E-state index in [-0.39, 0.29) is 5.84 Å². The largest absolute Gasteiger partial charge is 0.384 e. The Labute approximate surface area is 112 Å². The predicted molar refractivity (Wildman–Crippen MR) is 77.5 cm³/mol. The second kappa shape index (κ2) is 5.27. The van der Waals surface area contributed by atoms with Gasteiger partial charge in [-0.05, 0) is 43.7 Å². The Balaban J connectivity index is 2.35. The first-order chi connectivity index (χ1) is 8.56. The van der Waals surface area contributed by atoms with Crippen LogP contribution in [-0.2, 0) is 0 Å². The maximum Gasteiger partial charge on any atom is 0.123 e. The summed E-state index contributed by atoms with van der Waals surface area (Å²) in [7, 11) is 0. The number of nitrogens with one attached hydrogen (secondary N) is 1. The minimum absolute atomic E-state index is 0.115.